The monoisotopic (exact) mass is 973 g/mol. The number of benzene rings is 1. The molecule has 382 valence electrons. The maximum absolute atomic E-state index is 13.6. The van der Waals surface area contributed by atoms with Crippen molar-refractivity contribution >= 4 is 29.6 Å². The van der Waals surface area contributed by atoms with Crippen LogP contribution >= 0.6 is 0 Å². The van der Waals surface area contributed by atoms with Crippen LogP contribution in [0.1, 0.15) is 58.3 Å². The number of nitrogens with zero attached hydrogens (tertiary/aromatic N) is 3. The number of carbonyl (C=O) groups excluding carboxylic acids is 5. The molecule has 0 heterocycles. The van der Waals surface area contributed by atoms with E-state index in [4.69, 9.17) is 43.4 Å². The van der Waals surface area contributed by atoms with Crippen LogP contribution in [0.3, 0.4) is 0 Å². The second kappa shape index (κ2) is 40.3. The van der Waals surface area contributed by atoms with Crippen LogP contribution < -0.4 is 26.0 Å². The van der Waals surface area contributed by atoms with Gasteiger partial charge in [0.05, 0.1) is 106 Å². The number of azide groups is 1. The van der Waals surface area contributed by atoms with Gasteiger partial charge in [-0.1, -0.05) is 5.11 Å². The van der Waals surface area contributed by atoms with Gasteiger partial charge in [0.15, 0.2) is 0 Å². The first-order valence-corrected chi connectivity index (χ1v) is 21.9. The normalized spacial score (nSPS) is 11.4. The van der Waals surface area contributed by atoms with Crippen LogP contribution in [0.25, 0.3) is 10.4 Å². The molecule has 0 saturated carbocycles. The summed E-state index contributed by atoms with van der Waals surface area (Å²) in [7, 11) is 0. The highest BCUT2D eigenvalue weighted by Gasteiger charge is 2.28. The topological polar surface area (TPSA) is 265 Å². The Kier molecular flexibility index (Phi) is 36.2. The molecule has 1 atom stereocenters. The summed E-state index contributed by atoms with van der Waals surface area (Å²) < 4.78 is 114. The highest BCUT2D eigenvalue weighted by atomic mass is 19.2. The number of halogens is 5. The standard InChI is InChI=1S/C41H64F5N7O14/c1-2-59-20-21-60-15-8-31(54)48-11-4-3-6-30(52-33(56)7-5-12-49-32(55)9-16-61-22-24-64-19-14-51-53-47)41(58)50-13-18-63-25-27-66-29-28-65-26-23-62-17-10-34(57)67-40-38(45)36(43)35(42)37(44)39(40)46/h30H,2-29H2,1H3,(H,48,54)(H,49,55)(H,50,58)(H,52,56)/t30-/m0/s1. The molecule has 1 rings (SSSR count). The van der Waals surface area contributed by atoms with Crippen molar-refractivity contribution in [3.05, 3.63) is 39.5 Å². The SMILES string of the molecule is CCOCCOCCC(=O)NCCCC[C@H](NC(=O)CCCNC(=O)CCOCCOCCN=[N+]=[N-])C(=O)NCCOCCOCCOCCOCCC(=O)Oc1c(F)c(F)c(F)c(F)c1F. The lowest BCUT2D eigenvalue weighted by Gasteiger charge is -2.19. The van der Waals surface area contributed by atoms with E-state index in [1.165, 1.54) is 0 Å². The summed E-state index contributed by atoms with van der Waals surface area (Å²) in [5, 5.41) is 14.4. The number of carbonyl (C=O) groups is 5. The van der Waals surface area contributed by atoms with Crippen molar-refractivity contribution in [2.75, 3.05) is 132 Å². The Balaban J connectivity index is 2.29. The van der Waals surface area contributed by atoms with E-state index in [9.17, 15) is 45.9 Å². The van der Waals surface area contributed by atoms with Crippen molar-refractivity contribution in [3.8, 4) is 5.75 Å². The van der Waals surface area contributed by atoms with E-state index in [0.717, 1.165) is 0 Å². The molecular weight excluding hydrogens is 909 g/mol. The third-order valence-corrected chi connectivity index (χ3v) is 8.59. The lowest BCUT2D eigenvalue weighted by atomic mass is 10.1. The van der Waals surface area contributed by atoms with Gasteiger partial charge in [-0.2, -0.15) is 8.78 Å². The average molecular weight is 974 g/mol. The Labute approximate surface area is 385 Å². The highest BCUT2D eigenvalue weighted by molar-refractivity contribution is 5.87. The number of ether oxygens (including phenoxy) is 9. The smallest absolute Gasteiger partial charge is 0.313 e. The molecule has 1 aromatic carbocycles. The lowest BCUT2D eigenvalue weighted by molar-refractivity contribution is -0.136. The van der Waals surface area contributed by atoms with Crippen LogP contribution in [0.4, 0.5) is 22.0 Å². The van der Waals surface area contributed by atoms with E-state index in [1.54, 1.807) is 0 Å². The number of esters is 1. The molecule has 1 aromatic rings. The number of hydrogen-bond donors (Lipinski definition) is 4. The van der Waals surface area contributed by atoms with Gasteiger partial charge >= 0.3 is 5.97 Å². The third kappa shape index (κ3) is 31.0. The van der Waals surface area contributed by atoms with Crippen molar-refractivity contribution in [3.63, 3.8) is 0 Å². The maximum Gasteiger partial charge on any atom is 0.313 e. The Hall–Kier alpha value is -4.79. The molecule has 0 spiro atoms. The Bertz CT molecular complexity index is 1610. The van der Waals surface area contributed by atoms with Gasteiger partial charge < -0.3 is 63.9 Å². The summed E-state index contributed by atoms with van der Waals surface area (Å²) in [5.74, 6) is -15.6. The summed E-state index contributed by atoms with van der Waals surface area (Å²) in [6.07, 6.45) is 1.55. The van der Waals surface area contributed by atoms with Crippen molar-refractivity contribution in [2.45, 2.75) is 64.3 Å². The van der Waals surface area contributed by atoms with Crippen molar-refractivity contribution in [1.82, 2.24) is 21.3 Å². The molecule has 21 nitrogen and oxygen atoms in total. The van der Waals surface area contributed by atoms with E-state index in [2.05, 4.69) is 36.0 Å². The van der Waals surface area contributed by atoms with Gasteiger partial charge in [0, 0.05) is 57.0 Å². The number of rotatable bonds is 43. The number of hydrogen-bond acceptors (Lipinski definition) is 15. The van der Waals surface area contributed by atoms with Crippen LogP contribution in [-0.2, 0) is 61.9 Å². The van der Waals surface area contributed by atoms with Crippen molar-refractivity contribution < 1.29 is 88.6 Å². The predicted octanol–water partition coefficient (Wildman–Crippen LogP) is 2.70. The largest absolute Gasteiger partial charge is 0.420 e. The quantitative estimate of drug-likeness (QED) is 0.00845. The van der Waals surface area contributed by atoms with Crippen LogP contribution in [0.5, 0.6) is 5.75 Å². The fourth-order valence-corrected chi connectivity index (χ4v) is 5.18. The average Bonchev–Trinajstić information content (AvgIpc) is 3.31. The van der Waals surface area contributed by atoms with E-state index in [1.807, 2.05) is 6.92 Å². The molecule has 26 heteroatoms. The van der Waals surface area contributed by atoms with Gasteiger partial charge in [-0.15, -0.1) is 0 Å². The maximum atomic E-state index is 13.6. The predicted molar refractivity (Wildman–Crippen MR) is 226 cm³/mol. The molecule has 0 saturated heterocycles. The second-order valence-corrected chi connectivity index (χ2v) is 13.8. The summed E-state index contributed by atoms with van der Waals surface area (Å²) in [6, 6.07) is -0.856. The molecule has 0 aliphatic carbocycles. The Morgan fingerprint density at radius 2 is 0.985 bits per heavy atom. The summed E-state index contributed by atoms with van der Waals surface area (Å²) in [4.78, 5) is 64.5. The van der Waals surface area contributed by atoms with Crippen LogP contribution in [0.15, 0.2) is 5.11 Å². The van der Waals surface area contributed by atoms with Crippen LogP contribution in [0.2, 0.25) is 0 Å². The minimum atomic E-state index is -2.38. The van der Waals surface area contributed by atoms with Gasteiger partial charge in [-0.05, 0) is 38.1 Å². The second-order valence-electron chi connectivity index (χ2n) is 13.8. The zero-order valence-corrected chi connectivity index (χ0v) is 37.8. The van der Waals surface area contributed by atoms with Crippen molar-refractivity contribution in [1.29, 1.82) is 0 Å². The molecule has 0 bridgehead atoms. The molecule has 0 aromatic heterocycles. The number of amides is 4. The fourth-order valence-electron chi connectivity index (χ4n) is 5.18. The number of unbranched alkanes of at least 4 members (excludes halogenated alkanes) is 1. The van der Waals surface area contributed by atoms with Gasteiger partial charge in [0.2, 0.25) is 58.5 Å². The minimum absolute atomic E-state index is 0.0135. The van der Waals surface area contributed by atoms with Gasteiger partial charge in [-0.25, -0.2) is 13.2 Å². The first-order valence-electron chi connectivity index (χ1n) is 21.9. The minimum Gasteiger partial charge on any atom is -0.420 e. The molecule has 0 unspecified atom stereocenters. The van der Waals surface area contributed by atoms with Gasteiger partial charge in [-0.3, -0.25) is 24.0 Å². The van der Waals surface area contributed by atoms with Crippen LogP contribution in [-0.4, -0.2) is 168 Å². The summed E-state index contributed by atoms with van der Waals surface area (Å²) in [6.45, 7) is 6.35. The van der Waals surface area contributed by atoms with Gasteiger partial charge in [0.25, 0.3) is 0 Å². The Morgan fingerprint density at radius 3 is 1.52 bits per heavy atom. The number of nitrogens with one attached hydrogen (secondary N) is 4. The molecular formula is C41H64F5N7O14. The molecule has 67 heavy (non-hydrogen) atoms. The fraction of sp³-hybridized carbons (Fsp3) is 0.732. The van der Waals surface area contributed by atoms with E-state index < -0.39 is 59.2 Å². The summed E-state index contributed by atoms with van der Waals surface area (Å²) >= 11 is 0. The Morgan fingerprint density at radius 1 is 0.522 bits per heavy atom. The zero-order chi connectivity index (χ0) is 49.3. The molecule has 4 N–H and O–H groups in total. The van der Waals surface area contributed by atoms with E-state index in [-0.39, 0.29) is 136 Å². The molecule has 0 aliphatic heterocycles. The molecule has 0 aliphatic rings. The molecule has 0 radical (unpaired) electrons. The van der Waals surface area contributed by atoms with Gasteiger partial charge in [0.1, 0.15) is 6.04 Å². The molecule has 0 fully saturated rings. The van der Waals surface area contributed by atoms with Crippen molar-refractivity contribution in [2.24, 2.45) is 5.11 Å². The van der Waals surface area contributed by atoms with E-state index >= 15 is 0 Å². The first kappa shape index (κ1) is 60.2. The summed E-state index contributed by atoms with van der Waals surface area (Å²) in [5.41, 5.74) is 8.22. The van der Waals surface area contributed by atoms with Crippen LogP contribution in [0, 0.1) is 29.1 Å². The first-order chi connectivity index (χ1) is 32.4. The third-order valence-electron chi connectivity index (χ3n) is 8.59. The van der Waals surface area contributed by atoms with E-state index in [0.29, 0.717) is 58.7 Å². The zero-order valence-electron chi connectivity index (χ0n) is 37.8. The highest BCUT2D eigenvalue weighted by Crippen LogP contribution is 2.29. The lowest BCUT2D eigenvalue weighted by Crippen LogP contribution is -2.47. The molecule has 4 amide bonds.